The molecule has 4 heteroatoms. The smallest absolute Gasteiger partial charge is 0.338 e. The SMILES string of the molecule is CCOC(=O)c1ccc2c(c1)c1c(n2Cc2ccccc2)CCN(C)C1. The van der Waals surface area contributed by atoms with Crippen LogP contribution in [0.15, 0.2) is 48.5 Å². The van der Waals surface area contributed by atoms with Crippen molar-refractivity contribution in [3.63, 3.8) is 0 Å². The van der Waals surface area contributed by atoms with Gasteiger partial charge in [-0.25, -0.2) is 4.79 Å². The summed E-state index contributed by atoms with van der Waals surface area (Å²) in [6, 6.07) is 16.5. The van der Waals surface area contributed by atoms with Gasteiger partial charge in [0.05, 0.1) is 12.2 Å². The molecule has 0 N–H and O–H groups in total. The van der Waals surface area contributed by atoms with Gasteiger partial charge in [0.2, 0.25) is 0 Å². The van der Waals surface area contributed by atoms with Crippen LogP contribution in [-0.2, 0) is 24.2 Å². The molecule has 0 spiro atoms. The molecule has 0 radical (unpaired) electrons. The molecular weight excluding hydrogens is 324 g/mol. The summed E-state index contributed by atoms with van der Waals surface area (Å²) < 4.78 is 7.61. The average molecular weight is 348 g/mol. The predicted octanol–water partition coefficient (Wildman–Crippen LogP) is 3.85. The fourth-order valence-electron chi connectivity index (χ4n) is 3.87. The first-order valence-electron chi connectivity index (χ1n) is 9.21. The molecule has 134 valence electrons. The molecule has 26 heavy (non-hydrogen) atoms. The number of benzene rings is 2. The van der Waals surface area contributed by atoms with Crippen molar-refractivity contribution in [1.29, 1.82) is 0 Å². The zero-order valence-corrected chi connectivity index (χ0v) is 15.4. The van der Waals surface area contributed by atoms with E-state index in [1.54, 1.807) is 0 Å². The van der Waals surface area contributed by atoms with Crippen molar-refractivity contribution in [1.82, 2.24) is 9.47 Å². The Morgan fingerprint density at radius 3 is 2.73 bits per heavy atom. The van der Waals surface area contributed by atoms with Crippen LogP contribution in [0.5, 0.6) is 0 Å². The van der Waals surface area contributed by atoms with Crippen molar-refractivity contribution in [2.45, 2.75) is 26.4 Å². The molecule has 1 aliphatic rings. The Balaban J connectivity index is 1.84. The zero-order valence-electron chi connectivity index (χ0n) is 15.4. The number of fused-ring (bicyclic) bond motifs is 3. The number of nitrogens with zero attached hydrogens (tertiary/aromatic N) is 2. The van der Waals surface area contributed by atoms with Crippen LogP contribution in [0.4, 0.5) is 0 Å². The third-order valence-electron chi connectivity index (χ3n) is 5.14. The monoisotopic (exact) mass is 348 g/mol. The zero-order chi connectivity index (χ0) is 18.1. The van der Waals surface area contributed by atoms with Crippen LogP contribution in [0.2, 0.25) is 0 Å². The van der Waals surface area contributed by atoms with E-state index < -0.39 is 0 Å². The Labute approximate surface area is 154 Å². The van der Waals surface area contributed by atoms with Gasteiger partial charge in [-0.1, -0.05) is 30.3 Å². The van der Waals surface area contributed by atoms with Crippen LogP contribution in [0.3, 0.4) is 0 Å². The first-order valence-corrected chi connectivity index (χ1v) is 9.21. The second kappa shape index (κ2) is 6.96. The minimum absolute atomic E-state index is 0.247. The van der Waals surface area contributed by atoms with Gasteiger partial charge in [0.25, 0.3) is 0 Å². The molecular formula is C22H24N2O2. The lowest BCUT2D eigenvalue weighted by Gasteiger charge is -2.24. The minimum Gasteiger partial charge on any atom is -0.462 e. The fourth-order valence-corrected chi connectivity index (χ4v) is 3.87. The highest BCUT2D eigenvalue weighted by Crippen LogP contribution is 2.32. The largest absolute Gasteiger partial charge is 0.462 e. The fraction of sp³-hybridized carbons (Fsp3) is 0.318. The van der Waals surface area contributed by atoms with Gasteiger partial charge in [0, 0.05) is 42.7 Å². The number of ether oxygens (including phenoxy) is 1. The average Bonchev–Trinajstić information content (AvgIpc) is 2.95. The number of hydrogen-bond acceptors (Lipinski definition) is 3. The van der Waals surface area contributed by atoms with Crippen molar-refractivity contribution >= 4 is 16.9 Å². The van der Waals surface area contributed by atoms with E-state index in [9.17, 15) is 4.79 Å². The van der Waals surface area contributed by atoms with E-state index >= 15 is 0 Å². The molecule has 0 unspecified atom stereocenters. The first kappa shape index (κ1) is 16.9. The molecule has 0 saturated heterocycles. The van der Waals surface area contributed by atoms with Gasteiger partial charge in [-0.05, 0) is 43.3 Å². The number of aromatic nitrogens is 1. The Hall–Kier alpha value is -2.59. The molecule has 2 aromatic carbocycles. The lowest BCUT2D eigenvalue weighted by molar-refractivity contribution is 0.0526. The lowest BCUT2D eigenvalue weighted by Crippen LogP contribution is -2.27. The Kier molecular flexibility index (Phi) is 4.51. The quantitative estimate of drug-likeness (QED) is 0.672. The lowest BCUT2D eigenvalue weighted by atomic mass is 10.0. The second-order valence-corrected chi connectivity index (χ2v) is 6.94. The third-order valence-corrected chi connectivity index (χ3v) is 5.14. The molecule has 0 fully saturated rings. The Morgan fingerprint density at radius 2 is 1.96 bits per heavy atom. The Bertz CT molecular complexity index is 944. The number of carbonyl (C=O) groups excluding carboxylic acids is 1. The Morgan fingerprint density at radius 1 is 1.15 bits per heavy atom. The van der Waals surface area contributed by atoms with E-state index in [4.69, 9.17) is 4.74 Å². The van der Waals surface area contributed by atoms with Gasteiger partial charge in [0.15, 0.2) is 0 Å². The van der Waals surface area contributed by atoms with E-state index in [2.05, 4.69) is 46.8 Å². The maximum Gasteiger partial charge on any atom is 0.338 e. The highest BCUT2D eigenvalue weighted by atomic mass is 16.5. The topological polar surface area (TPSA) is 34.5 Å². The summed E-state index contributed by atoms with van der Waals surface area (Å²) in [5.41, 5.74) is 5.86. The molecule has 1 aliphatic heterocycles. The summed E-state index contributed by atoms with van der Waals surface area (Å²) in [4.78, 5) is 14.5. The molecule has 0 aliphatic carbocycles. The highest BCUT2D eigenvalue weighted by molar-refractivity contribution is 5.96. The molecule has 4 rings (SSSR count). The van der Waals surface area contributed by atoms with E-state index in [1.807, 2.05) is 25.1 Å². The number of rotatable bonds is 4. The van der Waals surface area contributed by atoms with Crippen LogP contribution >= 0.6 is 0 Å². The molecule has 0 saturated carbocycles. The van der Waals surface area contributed by atoms with E-state index in [-0.39, 0.29) is 5.97 Å². The molecule has 0 atom stereocenters. The molecule has 1 aromatic heterocycles. The van der Waals surface area contributed by atoms with Crippen LogP contribution < -0.4 is 0 Å². The number of hydrogen-bond donors (Lipinski definition) is 0. The van der Waals surface area contributed by atoms with E-state index in [0.29, 0.717) is 12.2 Å². The number of carbonyl (C=O) groups is 1. The minimum atomic E-state index is -0.247. The highest BCUT2D eigenvalue weighted by Gasteiger charge is 2.23. The summed E-state index contributed by atoms with van der Waals surface area (Å²) in [5, 5.41) is 1.17. The van der Waals surface area contributed by atoms with Crippen LogP contribution in [0, 0.1) is 0 Å². The molecule has 4 nitrogen and oxygen atoms in total. The van der Waals surface area contributed by atoms with Crippen molar-refractivity contribution in [2.75, 3.05) is 20.2 Å². The standard InChI is InChI=1S/C22H24N2O2/c1-3-26-22(25)17-9-10-20-18(13-17)19-15-23(2)12-11-21(19)24(20)14-16-7-5-4-6-8-16/h4-10,13H,3,11-12,14-15H2,1-2H3. The van der Waals surface area contributed by atoms with E-state index in [1.165, 1.54) is 27.7 Å². The number of esters is 1. The van der Waals surface area contributed by atoms with Crippen molar-refractivity contribution in [3.8, 4) is 0 Å². The summed E-state index contributed by atoms with van der Waals surface area (Å²) >= 11 is 0. The van der Waals surface area contributed by atoms with Crippen molar-refractivity contribution < 1.29 is 9.53 Å². The summed E-state index contributed by atoms with van der Waals surface area (Å²) in [7, 11) is 2.15. The predicted molar refractivity (Wildman–Crippen MR) is 103 cm³/mol. The van der Waals surface area contributed by atoms with E-state index in [0.717, 1.165) is 26.1 Å². The van der Waals surface area contributed by atoms with Crippen molar-refractivity contribution in [3.05, 3.63) is 70.9 Å². The molecule has 2 heterocycles. The summed E-state index contributed by atoms with van der Waals surface area (Å²) in [6.45, 7) is 5.06. The van der Waals surface area contributed by atoms with Gasteiger partial charge in [-0.3, -0.25) is 0 Å². The van der Waals surface area contributed by atoms with Gasteiger partial charge < -0.3 is 14.2 Å². The normalized spacial score (nSPS) is 14.4. The summed E-state index contributed by atoms with van der Waals surface area (Å²) in [6.07, 6.45) is 1.03. The molecule has 3 aromatic rings. The van der Waals surface area contributed by atoms with Crippen LogP contribution in [0.25, 0.3) is 10.9 Å². The number of likely N-dealkylation sites (N-methyl/N-ethyl adjacent to an activating group) is 1. The molecule has 0 amide bonds. The van der Waals surface area contributed by atoms with Gasteiger partial charge >= 0.3 is 5.97 Å². The van der Waals surface area contributed by atoms with Crippen LogP contribution in [-0.4, -0.2) is 35.6 Å². The first-order chi connectivity index (χ1) is 12.7. The maximum absolute atomic E-state index is 12.2. The maximum atomic E-state index is 12.2. The second-order valence-electron chi connectivity index (χ2n) is 6.94. The van der Waals surface area contributed by atoms with Crippen LogP contribution in [0.1, 0.15) is 34.1 Å². The van der Waals surface area contributed by atoms with Crippen molar-refractivity contribution in [2.24, 2.45) is 0 Å². The molecule has 0 bridgehead atoms. The van der Waals surface area contributed by atoms with Gasteiger partial charge in [0.1, 0.15) is 0 Å². The van der Waals surface area contributed by atoms with Gasteiger partial charge in [-0.15, -0.1) is 0 Å². The third kappa shape index (κ3) is 3.01. The summed E-state index contributed by atoms with van der Waals surface area (Å²) in [5.74, 6) is -0.247. The van der Waals surface area contributed by atoms with Gasteiger partial charge in [-0.2, -0.15) is 0 Å².